The molecule has 0 atom stereocenters. The SMILES string of the molecule is Cc1cn2cc(-c3cc(=O)n4cc(N5CCN(C)CC5)ccc4n3)cc(C(F)(F)F)c2n1.Cc1cn2nc(-c3cc(=O)n4cc(N5CCC6(CC5)CNC6)ccc4n3)cc2c(C)n1.Cc1nc2ccc(-c3cc(=O)n4cc(N5CCN(C)CC5)ccc4n3)cn2n1. The summed E-state index contributed by atoms with van der Waals surface area (Å²) in [6.07, 6.45) is 10.1. The zero-order chi connectivity index (χ0) is 63.0. The highest BCUT2D eigenvalue weighted by Crippen LogP contribution is 2.37. The Labute approximate surface area is 518 Å². The first-order valence-corrected chi connectivity index (χ1v) is 30.4. The first kappa shape index (κ1) is 58.7. The van der Waals surface area contributed by atoms with Gasteiger partial charge in [-0.05, 0) is 121 Å². The number of piperidine rings is 1. The first-order chi connectivity index (χ1) is 43.7. The minimum Gasteiger partial charge on any atom is -0.370 e. The number of aryl methyl sites for hydroxylation is 4. The highest BCUT2D eigenvalue weighted by Gasteiger charge is 2.40. The van der Waals surface area contributed by atoms with E-state index in [2.05, 4.69) is 80.1 Å². The molecule has 23 nitrogen and oxygen atoms in total. The Kier molecular flexibility index (Phi) is 14.9. The summed E-state index contributed by atoms with van der Waals surface area (Å²) in [5.41, 5.74) is 10.7. The number of likely N-dealkylation sites (N-methyl/N-ethyl adjacent to an activating group) is 2. The molecule has 91 heavy (non-hydrogen) atoms. The van der Waals surface area contributed by atoms with Crippen LogP contribution in [0.4, 0.5) is 30.2 Å². The molecule has 0 saturated carbocycles. The van der Waals surface area contributed by atoms with Crippen LogP contribution in [0.3, 0.4) is 0 Å². The Morgan fingerprint density at radius 1 is 0.462 bits per heavy atom. The summed E-state index contributed by atoms with van der Waals surface area (Å²) in [5.74, 6) is 0.708. The molecule has 0 amide bonds. The van der Waals surface area contributed by atoms with Crippen molar-refractivity contribution in [1.29, 1.82) is 0 Å². The number of aromatic nitrogens is 14. The standard InChI is InChI=1S/C23H25N7O.C22H21F3N6O.C20H21N7O/c1-15-11-30-20(16(2)25-15)9-19(27-30)18-10-22(31)29-12-17(3-4-21(29)26-18)28-7-5-23(6-8-28)13-24-14-23;1-14-11-30-12-15(9-17(21(30)26-14)22(23,24)25)18-10-20(32)31-13-16(3-4-19(31)27-18)29-7-5-28(2)6-8-29;1-14-21-19-5-3-15(12-27(19)23-14)17-11-20(28)26-13-16(4-6-18(26)22-17)25-9-7-24(2)8-10-25/h3-4,9-12,24H,5-8,13-14H2,1-2H3;3-4,9-13H,5-8H2,1-2H3;3-6,11-13H,7-10H2,1-2H3. The van der Waals surface area contributed by atoms with Crippen LogP contribution in [-0.2, 0) is 6.18 Å². The van der Waals surface area contributed by atoms with Crippen molar-refractivity contribution < 1.29 is 13.2 Å². The predicted octanol–water partition coefficient (Wildman–Crippen LogP) is 6.76. The summed E-state index contributed by atoms with van der Waals surface area (Å²) >= 11 is 0. The van der Waals surface area contributed by atoms with Gasteiger partial charge in [0.1, 0.15) is 34.1 Å². The second kappa shape index (κ2) is 23.1. The van der Waals surface area contributed by atoms with Gasteiger partial charge < -0.3 is 34.2 Å². The molecule has 0 unspecified atom stereocenters. The predicted molar refractivity (Wildman–Crippen MR) is 343 cm³/mol. The molecule has 466 valence electrons. The van der Waals surface area contributed by atoms with E-state index in [0.29, 0.717) is 51.0 Å². The maximum atomic E-state index is 13.7. The van der Waals surface area contributed by atoms with Gasteiger partial charge in [0.05, 0.1) is 68.5 Å². The average Bonchev–Trinajstić information content (AvgIpc) is 1.79. The van der Waals surface area contributed by atoms with E-state index in [-0.39, 0.29) is 33.6 Å². The summed E-state index contributed by atoms with van der Waals surface area (Å²) in [6.45, 7) is 19.3. The molecular formula is C65H67F3N20O3. The Morgan fingerprint density at radius 2 is 0.967 bits per heavy atom. The molecular weight excluding hydrogens is 1170 g/mol. The third-order valence-corrected chi connectivity index (χ3v) is 17.9. The van der Waals surface area contributed by atoms with Crippen LogP contribution in [0.15, 0.2) is 137 Å². The number of pyridine rings is 5. The number of anilines is 3. The number of fused-ring (bicyclic) bond motifs is 6. The lowest BCUT2D eigenvalue weighted by Gasteiger charge is -2.48. The highest BCUT2D eigenvalue weighted by atomic mass is 19.4. The topological polar surface area (TPSA) is 209 Å². The molecule has 16 heterocycles. The molecule has 4 fully saturated rings. The maximum Gasteiger partial charge on any atom is 0.420 e. The van der Waals surface area contributed by atoms with Gasteiger partial charge in [-0.2, -0.15) is 23.4 Å². The van der Waals surface area contributed by atoms with Gasteiger partial charge in [0.15, 0.2) is 5.65 Å². The number of hydrogen-bond acceptors (Lipinski definition) is 17. The van der Waals surface area contributed by atoms with Crippen LogP contribution in [-0.4, -0.2) is 169 Å². The summed E-state index contributed by atoms with van der Waals surface area (Å²) in [5, 5.41) is 12.4. The molecule has 26 heteroatoms. The molecule has 0 bridgehead atoms. The lowest BCUT2D eigenvalue weighted by atomic mass is 9.73. The van der Waals surface area contributed by atoms with Crippen molar-refractivity contribution in [3.8, 4) is 33.9 Å². The third kappa shape index (κ3) is 11.7. The van der Waals surface area contributed by atoms with Gasteiger partial charge >= 0.3 is 6.18 Å². The molecule has 0 aromatic carbocycles. The molecule has 4 aliphatic heterocycles. The van der Waals surface area contributed by atoms with E-state index in [4.69, 9.17) is 9.97 Å². The van der Waals surface area contributed by atoms with E-state index in [0.717, 1.165) is 130 Å². The number of alkyl halides is 3. The van der Waals surface area contributed by atoms with Crippen molar-refractivity contribution in [1.82, 2.24) is 81.9 Å². The normalized spacial score (nSPS) is 16.5. The number of nitrogens with zero attached hydrogens (tertiary/aromatic N) is 19. The number of nitrogens with one attached hydrogen (secondary N) is 1. The van der Waals surface area contributed by atoms with Crippen molar-refractivity contribution in [3.05, 3.63) is 182 Å². The van der Waals surface area contributed by atoms with Crippen LogP contribution in [0, 0.1) is 33.1 Å². The van der Waals surface area contributed by atoms with Crippen LogP contribution in [0.5, 0.6) is 0 Å². The van der Waals surface area contributed by atoms with E-state index >= 15 is 0 Å². The molecule has 12 aromatic rings. The van der Waals surface area contributed by atoms with Gasteiger partial charge in [-0.25, -0.2) is 34.0 Å². The molecule has 0 radical (unpaired) electrons. The number of piperazine rings is 2. The second-order valence-electron chi connectivity index (χ2n) is 24.4. The maximum absolute atomic E-state index is 13.7. The first-order valence-electron chi connectivity index (χ1n) is 30.4. The number of imidazole rings is 1. The summed E-state index contributed by atoms with van der Waals surface area (Å²) in [4.78, 5) is 76.8. The minimum absolute atomic E-state index is 0.0918. The van der Waals surface area contributed by atoms with E-state index in [1.807, 2.05) is 88.0 Å². The molecule has 12 aromatic heterocycles. The van der Waals surface area contributed by atoms with E-state index < -0.39 is 11.7 Å². The van der Waals surface area contributed by atoms with Gasteiger partial charge in [-0.1, -0.05) is 0 Å². The molecule has 16 rings (SSSR count). The van der Waals surface area contributed by atoms with Crippen molar-refractivity contribution in [2.75, 3.05) is 107 Å². The summed E-state index contributed by atoms with van der Waals surface area (Å²) in [6, 6.07) is 22.7. The van der Waals surface area contributed by atoms with Crippen molar-refractivity contribution in [3.63, 3.8) is 0 Å². The average molecular weight is 1230 g/mol. The van der Waals surface area contributed by atoms with E-state index in [1.54, 1.807) is 49.2 Å². The lowest BCUT2D eigenvalue weighted by Crippen LogP contribution is -2.58. The quantitative estimate of drug-likeness (QED) is 0.182. The van der Waals surface area contributed by atoms with E-state index in [9.17, 15) is 27.6 Å². The van der Waals surface area contributed by atoms with Crippen molar-refractivity contribution in [2.24, 2.45) is 5.41 Å². The zero-order valence-corrected chi connectivity index (χ0v) is 51.3. The molecule has 4 saturated heterocycles. The Balaban J connectivity index is 0.000000119. The van der Waals surface area contributed by atoms with E-state index in [1.165, 1.54) is 40.1 Å². The van der Waals surface area contributed by atoms with Crippen LogP contribution >= 0.6 is 0 Å². The smallest absolute Gasteiger partial charge is 0.370 e. The largest absolute Gasteiger partial charge is 0.420 e. The minimum atomic E-state index is -4.58. The van der Waals surface area contributed by atoms with Gasteiger partial charge in [0, 0.05) is 145 Å². The van der Waals surface area contributed by atoms with Gasteiger partial charge in [-0.15, -0.1) is 0 Å². The molecule has 0 aliphatic carbocycles. The summed E-state index contributed by atoms with van der Waals surface area (Å²) in [7, 11) is 4.20. The lowest BCUT2D eigenvalue weighted by molar-refractivity contribution is -0.136. The van der Waals surface area contributed by atoms with Crippen LogP contribution in [0.25, 0.3) is 67.7 Å². The van der Waals surface area contributed by atoms with Gasteiger partial charge in [-0.3, -0.25) is 32.6 Å². The molecule has 1 spiro atoms. The van der Waals surface area contributed by atoms with Gasteiger partial charge in [0.2, 0.25) is 0 Å². The fourth-order valence-electron chi connectivity index (χ4n) is 12.6. The summed E-state index contributed by atoms with van der Waals surface area (Å²) < 4.78 is 50.5. The van der Waals surface area contributed by atoms with Crippen molar-refractivity contribution >= 4 is 50.8 Å². The van der Waals surface area contributed by atoms with Crippen LogP contribution in [0.1, 0.15) is 41.3 Å². The molecule has 1 N–H and O–H groups in total. The highest BCUT2D eigenvalue weighted by molar-refractivity contribution is 5.69. The Morgan fingerprint density at radius 3 is 1.51 bits per heavy atom. The Hall–Kier alpha value is -9.92. The number of rotatable bonds is 6. The molecule has 4 aliphatic rings. The zero-order valence-electron chi connectivity index (χ0n) is 51.3. The Bertz CT molecular complexity index is 4980. The van der Waals surface area contributed by atoms with Crippen LogP contribution in [0.2, 0.25) is 0 Å². The fraction of sp³-hybridized carbons (Fsp3) is 0.338. The third-order valence-electron chi connectivity index (χ3n) is 17.9. The van der Waals surface area contributed by atoms with Crippen LogP contribution < -0.4 is 36.7 Å². The fourth-order valence-corrected chi connectivity index (χ4v) is 12.6. The van der Waals surface area contributed by atoms with Crippen molar-refractivity contribution in [2.45, 2.75) is 46.7 Å². The monoisotopic (exact) mass is 1230 g/mol. The number of halogens is 3. The second-order valence-corrected chi connectivity index (χ2v) is 24.4. The van der Waals surface area contributed by atoms with Gasteiger partial charge in [0.25, 0.3) is 16.7 Å². The number of hydrogen-bond donors (Lipinski definition) is 1.